The van der Waals surface area contributed by atoms with Crippen molar-refractivity contribution in [1.82, 2.24) is 10.3 Å². The number of hydrogen-bond donors (Lipinski definition) is 1. The van der Waals surface area contributed by atoms with Crippen LogP contribution in [0.2, 0.25) is 0 Å². The van der Waals surface area contributed by atoms with E-state index < -0.39 is 11.7 Å². The molecule has 2 amide bonds. The van der Waals surface area contributed by atoms with Gasteiger partial charge in [-0.1, -0.05) is 17.9 Å². The van der Waals surface area contributed by atoms with E-state index in [1.54, 1.807) is 10.3 Å². The van der Waals surface area contributed by atoms with E-state index in [-0.39, 0.29) is 30.3 Å². The third kappa shape index (κ3) is 5.10. The molecule has 146 valence electrons. The third-order valence-corrected chi connectivity index (χ3v) is 4.89. The van der Waals surface area contributed by atoms with E-state index in [1.807, 2.05) is 0 Å². The summed E-state index contributed by atoms with van der Waals surface area (Å²) in [4.78, 5) is 29.6. The standard InChI is InChI=1S/C19H16F3N3O2S/c20-19(21,22)14-6-1-4-13(10-14)5-2-8-23-16(26)11-15-12-28-18(24-15)25-9-3-7-17(25)27/h1,4,6,10,12H,3,7-9,11H2,(H,23,26). The summed E-state index contributed by atoms with van der Waals surface area (Å²) in [6, 6.07) is 4.70. The quantitative estimate of drug-likeness (QED) is 0.793. The molecular weight excluding hydrogens is 391 g/mol. The first kappa shape index (κ1) is 19.9. The van der Waals surface area contributed by atoms with E-state index in [1.165, 1.54) is 23.5 Å². The van der Waals surface area contributed by atoms with Gasteiger partial charge in [0.25, 0.3) is 0 Å². The lowest BCUT2D eigenvalue weighted by Gasteiger charge is -2.10. The number of nitrogens with one attached hydrogen (secondary N) is 1. The summed E-state index contributed by atoms with van der Waals surface area (Å²) in [6.07, 6.45) is -3.06. The third-order valence-electron chi connectivity index (χ3n) is 3.98. The van der Waals surface area contributed by atoms with Gasteiger partial charge in [-0.15, -0.1) is 11.3 Å². The predicted molar refractivity (Wildman–Crippen MR) is 98.7 cm³/mol. The van der Waals surface area contributed by atoms with E-state index >= 15 is 0 Å². The Labute approximate surface area is 163 Å². The second-order valence-corrected chi connectivity index (χ2v) is 6.94. The summed E-state index contributed by atoms with van der Waals surface area (Å²) in [7, 11) is 0. The lowest BCUT2D eigenvalue weighted by atomic mass is 10.1. The minimum atomic E-state index is -4.42. The second-order valence-electron chi connectivity index (χ2n) is 6.10. The fourth-order valence-corrected chi connectivity index (χ4v) is 3.51. The topological polar surface area (TPSA) is 62.3 Å². The van der Waals surface area contributed by atoms with Crippen molar-refractivity contribution in [3.05, 3.63) is 46.5 Å². The zero-order chi connectivity index (χ0) is 20.1. The van der Waals surface area contributed by atoms with Gasteiger partial charge in [0, 0.05) is 23.9 Å². The molecule has 1 aliphatic heterocycles. The molecule has 0 unspecified atom stereocenters. The van der Waals surface area contributed by atoms with Gasteiger partial charge >= 0.3 is 6.18 Å². The molecule has 1 N–H and O–H groups in total. The number of alkyl halides is 3. The average Bonchev–Trinajstić information content (AvgIpc) is 3.27. The molecule has 0 saturated carbocycles. The molecule has 0 aliphatic carbocycles. The number of anilines is 1. The molecule has 0 radical (unpaired) electrons. The Kier molecular flexibility index (Phi) is 5.99. The van der Waals surface area contributed by atoms with Crippen LogP contribution in [-0.2, 0) is 22.2 Å². The number of amides is 2. The van der Waals surface area contributed by atoms with Crippen molar-refractivity contribution in [2.24, 2.45) is 0 Å². The highest BCUT2D eigenvalue weighted by molar-refractivity contribution is 7.14. The van der Waals surface area contributed by atoms with Gasteiger partial charge in [0.05, 0.1) is 24.2 Å². The number of aromatic nitrogens is 1. The molecule has 0 spiro atoms. The molecule has 0 bridgehead atoms. The number of rotatable bonds is 4. The summed E-state index contributed by atoms with van der Waals surface area (Å²) in [5, 5.41) is 4.91. The maximum absolute atomic E-state index is 12.7. The van der Waals surface area contributed by atoms with Crippen LogP contribution in [0.5, 0.6) is 0 Å². The van der Waals surface area contributed by atoms with Crippen molar-refractivity contribution in [2.75, 3.05) is 18.0 Å². The van der Waals surface area contributed by atoms with Crippen LogP contribution < -0.4 is 10.2 Å². The van der Waals surface area contributed by atoms with Crippen LogP contribution in [0.3, 0.4) is 0 Å². The van der Waals surface area contributed by atoms with Crippen molar-refractivity contribution in [1.29, 1.82) is 0 Å². The van der Waals surface area contributed by atoms with E-state index in [9.17, 15) is 22.8 Å². The first-order chi connectivity index (χ1) is 13.3. The van der Waals surface area contributed by atoms with Crippen LogP contribution in [0.15, 0.2) is 29.6 Å². The Bertz CT molecular complexity index is 944. The maximum atomic E-state index is 12.7. The second kappa shape index (κ2) is 8.44. The normalized spacial score (nSPS) is 14.0. The minimum Gasteiger partial charge on any atom is -0.345 e. The molecule has 0 atom stereocenters. The fourth-order valence-electron chi connectivity index (χ4n) is 2.64. The monoisotopic (exact) mass is 407 g/mol. The zero-order valence-corrected chi connectivity index (χ0v) is 15.5. The van der Waals surface area contributed by atoms with Crippen LogP contribution in [0.1, 0.15) is 29.7 Å². The van der Waals surface area contributed by atoms with Crippen LogP contribution in [0.25, 0.3) is 0 Å². The number of carbonyl (C=O) groups excluding carboxylic acids is 2. The molecule has 2 heterocycles. The Morgan fingerprint density at radius 3 is 2.89 bits per heavy atom. The van der Waals surface area contributed by atoms with Crippen LogP contribution >= 0.6 is 11.3 Å². The summed E-state index contributed by atoms with van der Waals surface area (Å²) >= 11 is 1.32. The minimum absolute atomic E-state index is 0.0106. The fraction of sp³-hybridized carbons (Fsp3) is 0.316. The molecule has 9 heteroatoms. The van der Waals surface area contributed by atoms with Gasteiger partial charge in [0.15, 0.2) is 5.13 Å². The molecular formula is C19H16F3N3O2S. The lowest BCUT2D eigenvalue weighted by Crippen LogP contribution is -2.26. The summed E-state index contributed by atoms with van der Waals surface area (Å²) in [6.45, 7) is 0.653. The number of nitrogens with zero attached hydrogens (tertiary/aromatic N) is 2. The van der Waals surface area contributed by atoms with E-state index in [0.29, 0.717) is 23.8 Å². The van der Waals surface area contributed by atoms with Crippen molar-refractivity contribution in [3.8, 4) is 11.8 Å². The Hall–Kier alpha value is -2.86. The van der Waals surface area contributed by atoms with E-state index in [0.717, 1.165) is 18.6 Å². The average molecular weight is 407 g/mol. The van der Waals surface area contributed by atoms with E-state index in [4.69, 9.17) is 0 Å². The first-order valence-corrected chi connectivity index (χ1v) is 9.38. The molecule has 1 fully saturated rings. The molecule has 5 nitrogen and oxygen atoms in total. The molecule has 1 saturated heterocycles. The van der Waals surface area contributed by atoms with Crippen molar-refractivity contribution in [3.63, 3.8) is 0 Å². The van der Waals surface area contributed by atoms with Crippen LogP contribution in [0, 0.1) is 11.8 Å². The smallest absolute Gasteiger partial charge is 0.345 e. The van der Waals surface area contributed by atoms with Crippen molar-refractivity contribution in [2.45, 2.75) is 25.4 Å². The molecule has 2 aromatic rings. The van der Waals surface area contributed by atoms with Gasteiger partial charge in [-0.05, 0) is 24.6 Å². The highest BCUT2D eigenvalue weighted by Gasteiger charge is 2.30. The predicted octanol–water partition coefficient (Wildman–Crippen LogP) is 3.00. The maximum Gasteiger partial charge on any atom is 0.416 e. The molecule has 1 aromatic carbocycles. The zero-order valence-electron chi connectivity index (χ0n) is 14.7. The van der Waals surface area contributed by atoms with Gasteiger partial charge in [-0.3, -0.25) is 14.5 Å². The number of thiazole rings is 1. The van der Waals surface area contributed by atoms with Gasteiger partial charge in [0.2, 0.25) is 11.8 Å². The van der Waals surface area contributed by atoms with Gasteiger partial charge in [0.1, 0.15) is 0 Å². The highest BCUT2D eigenvalue weighted by Crippen LogP contribution is 2.29. The van der Waals surface area contributed by atoms with E-state index in [2.05, 4.69) is 22.1 Å². The van der Waals surface area contributed by atoms with Crippen LogP contribution in [0.4, 0.5) is 18.3 Å². The Morgan fingerprint density at radius 1 is 1.36 bits per heavy atom. The summed E-state index contributed by atoms with van der Waals surface area (Å²) < 4.78 is 38.0. The molecule has 1 aliphatic rings. The largest absolute Gasteiger partial charge is 0.416 e. The number of hydrogen-bond acceptors (Lipinski definition) is 4. The molecule has 28 heavy (non-hydrogen) atoms. The number of benzene rings is 1. The van der Waals surface area contributed by atoms with Gasteiger partial charge < -0.3 is 5.32 Å². The van der Waals surface area contributed by atoms with Gasteiger partial charge in [-0.2, -0.15) is 13.2 Å². The highest BCUT2D eigenvalue weighted by atomic mass is 32.1. The lowest BCUT2D eigenvalue weighted by molar-refractivity contribution is -0.137. The Balaban J connectivity index is 1.50. The Morgan fingerprint density at radius 2 is 2.18 bits per heavy atom. The number of halogens is 3. The van der Waals surface area contributed by atoms with Crippen molar-refractivity contribution < 1.29 is 22.8 Å². The first-order valence-electron chi connectivity index (χ1n) is 8.50. The van der Waals surface area contributed by atoms with Crippen LogP contribution in [-0.4, -0.2) is 29.9 Å². The molecule has 1 aromatic heterocycles. The van der Waals surface area contributed by atoms with Gasteiger partial charge in [-0.25, -0.2) is 4.98 Å². The summed E-state index contributed by atoms with van der Waals surface area (Å²) in [5.41, 5.74) is 0.0192. The summed E-state index contributed by atoms with van der Waals surface area (Å²) in [5.74, 6) is 4.97. The molecule has 3 rings (SSSR count). The SMILES string of the molecule is O=C(Cc1csc(N2CCCC2=O)n1)NCC#Cc1cccc(C(F)(F)F)c1. The number of carbonyl (C=O) groups is 2. The van der Waals surface area contributed by atoms with Crippen molar-refractivity contribution >= 4 is 28.3 Å².